The summed E-state index contributed by atoms with van der Waals surface area (Å²) >= 11 is 5.82. The average Bonchev–Trinajstić information content (AvgIpc) is 3.00. The standard InChI is InChI=1S/C19H20N2O2S2/c1-13-7-6-10-16(14(13)2)21-18-12-25(22,23)11-17(18)20(19(21)24)15-8-4-3-5-9-15/h3-10,17-18H,11-12H2,1-2H3. The summed E-state index contributed by atoms with van der Waals surface area (Å²) in [4.78, 5) is 4.08. The number of thiocarbonyl (C=S) groups is 1. The molecule has 6 heteroatoms. The van der Waals surface area contributed by atoms with Crippen molar-refractivity contribution in [2.75, 3.05) is 21.3 Å². The van der Waals surface area contributed by atoms with Crippen molar-refractivity contribution in [3.63, 3.8) is 0 Å². The molecule has 2 heterocycles. The van der Waals surface area contributed by atoms with Crippen LogP contribution in [-0.4, -0.2) is 37.1 Å². The van der Waals surface area contributed by atoms with Crippen LogP contribution in [0.1, 0.15) is 11.1 Å². The van der Waals surface area contributed by atoms with Crippen LogP contribution in [-0.2, 0) is 9.84 Å². The van der Waals surface area contributed by atoms with Crippen molar-refractivity contribution in [1.82, 2.24) is 0 Å². The van der Waals surface area contributed by atoms with Crippen LogP contribution in [0.4, 0.5) is 11.4 Å². The molecule has 0 radical (unpaired) electrons. The zero-order valence-corrected chi connectivity index (χ0v) is 15.8. The number of rotatable bonds is 2. The van der Waals surface area contributed by atoms with Gasteiger partial charge in [-0.3, -0.25) is 0 Å². The highest BCUT2D eigenvalue weighted by atomic mass is 32.2. The van der Waals surface area contributed by atoms with E-state index in [1.165, 1.54) is 5.56 Å². The summed E-state index contributed by atoms with van der Waals surface area (Å²) in [6, 6.07) is 15.7. The molecule has 0 aromatic heterocycles. The predicted octanol–water partition coefficient (Wildman–Crippen LogP) is 3.08. The maximum atomic E-state index is 12.4. The molecule has 0 spiro atoms. The Balaban J connectivity index is 1.85. The van der Waals surface area contributed by atoms with E-state index >= 15 is 0 Å². The minimum Gasteiger partial charge on any atom is -0.312 e. The summed E-state index contributed by atoms with van der Waals surface area (Å²) in [7, 11) is -3.08. The molecule has 2 aromatic carbocycles. The first-order valence-corrected chi connectivity index (χ1v) is 10.6. The molecule has 2 aromatic rings. The lowest BCUT2D eigenvalue weighted by molar-refractivity contribution is 0.601. The smallest absolute Gasteiger partial charge is 0.181 e. The third kappa shape index (κ3) is 2.64. The molecule has 0 amide bonds. The van der Waals surface area contributed by atoms with E-state index in [1.807, 2.05) is 47.4 Å². The van der Waals surface area contributed by atoms with Crippen molar-refractivity contribution in [2.45, 2.75) is 25.9 Å². The van der Waals surface area contributed by atoms with Crippen LogP contribution in [0.15, 0.2) is 48.5 Å². The monoisotopic (exact) mass is 372 g/mol. The van der Waals surface area contributed by atoms with Gasteiger partial charge in [-0.1, -0.05) is 30.3 Å². The molecule has 2 fully saturated rings. The molecule has 2 saturated heterocycles. The van der Waals surface area contributed by atoms with Gasteiger partial charge in [0.05, 0.1) is 23.6 Å². The topological polar surface area (TPSA) is 40.6 Å². The maximum Gasteiger partial charge on any atom is 0.181 e. The second kappa shape index (κ2) is 5.81. The van der Waals surface area contributed by atoms with E-state index in [0.717, 1.165) is 16.9 Å². The molecule has 0 N–H and O–H groups in total. The van der Waals surface area contributed by atoms with Gasteiger partial charge in [0, 0.05) is 11.4 Å². The van der Waals surface area contributed by atoms with Gasteiger partial charge in [0.2, 0.25) is 0 Å². The number of anilines is 2. The summed E-state index contributed by atoms with van der Waals surface area (Å²) in [5.41, 5.74) is 4.28. The summed E-state index contributed by atoms with van der Waals surface area (Å²) in [6.07, 6.45) is 0. The van der Waals surface area contributed by atoms with Crippen molar-refractivity contribution in [1.29, 1.82) is 0 Å². The highest BCUT2D eigenvalue weighted by Crippen LogP contribution is 2.39. The highest BCUT2D eigenvalue weighted by molar-refractivity contribution is 7.91. The molecule has 4 rings (SSSR count). The second-order valence-electron chi connectivity index (χ2n) is 6.79. The molecule has 130 valence electrons. The van der Waals surface area contributed by atoms with Crippen molar-refractivity contribution in [2.24, 2.45) is 0 Å². The van der Waals surface area contributed by atoms with Crippen LogP contribution >= 0.6 is 12.2 Å². The molecule has 0 saturated carbocycles. The predicted molar refractivity (Wildman–Crippen MR) is 106 cm³/mol. The molecular weight excluding hydrogens is 352 g/mol. The van der Waals surface area contributed by atoms with Gasteiger partial charge in [-0.2, -0.15) is 0 Å². The lowest BCUT2D eigenvalue weighted by atomic mass is 10.1. The number of aryl methyl sites for hydroxylation is 1. The molecule has 0 aliphatic carbocycles. The van der Waals surface area contributed by atoms with E-state index in [0.29, 0.717) is 5.11 Å². The highest BCUT2D eigenvalue weighted by Gasteiger charge is 2.52. The van der Waals surface area contributed by atoms with Crippen LogP contribution in [0.2, 0.25) is 0 Å². The van der Waals surface area contributed by atoms with Crippen molar-refractivity contribution >= 4 is 38.5 Å². The molecular formula is C19H20N2O2S2. The SMILES string of the molecule is Cc1cccc(N2C(=S)N(c3ccccc3)C3CS(=O)(=O)CC32)c1C. The maximum absolute atomic E-state index is 12.4. The minimum absolute atomic E-state index is 0.139. The fraction of sp³-hybridized carbons (Fsp3) is 0.316. The summed E-state index contributed by atoms with van der Waals surface area (Å²) in [5, 5.41) is 0.685. The van der Waals surface area contributed by atoms with Crippen molar-refractivity contribution in [3.05, 3.63) is 59.7 Å². The molecule has 0 bridgehead atoms. The van der Waals surface area contributed by atoms with Gasteiger partial charge >= 0.3 is 0 Å². The Labute approximate surface area is 154 Å². The molecule has 2 aliphatic rings. The van der Waals surface area contributed by atoms with Gasteiger partial charge in [0.25, 0.3) is 0 Å². The molecule has 2 atom stereocenters. The van der Waals surface area contributed by atoms with E-state index in [9.17, 15) is 8.42 Å². The quantitative estimate of drug-likeness (QED) is 0.758. The first-order valence-electron chi connectivity index (χ1n) is 8.33. The van der Waals surface area contributed by atoms with Crippen LogP contribution < -0.4 is 9.80 Å². The van der Waals surface area contributed by atoms with E-state index in [2.05, 4.69) is 24.8 Å². The Morgan fingerprint density at radius 3 is 2.24 bits per heavy atom. The lowest BCUT2D eigenvalue weighted by Crippen LogP contribution is -2.38. The van der Waals surface area contributed by atoms with Gasteiger partial charge in [-0.05, 0) is 55.4 Å². The number of hydrogen-bond acceptors (Lipinski definition) is 3. The molecule has 2 unspecified atom stereocenters. The van der Waals surface area contributed by atoms with Crippen LogP contribution in [0.25, 0.3) is 0 Å². The molecule has 25 heavy (non-hydrogen) atoms. The first-order chi connectivity index (χ1) is 11.9. The van der Waals surface area contributed by atoms with Gasteiger partial charge in [0.15, 0.2) is 14.9 Å². The van der Waals surface area contributed by atoms with Crippen LogP contribution in [0.5, 0.6) is 0 Å². The van der Waals surface area contributed by atoms with E-state index < -0.39 is 9.84 Å². The minimum atomic E-state index is -3.08. The Morgan fingerprint density at radius 1 is 0.920 bits per heavy atom. The third-order valence-corrected chi connectivity index (χ3v) is 7.33. The summed E-state index contributed by atoms with van der Waals surface area (Å²) in [6.45, 7) is 4.13. The van der Waals surface area contributed by atoms with Gasteiger partial charge in [-0.25, -0.2) is 8.42 Å². The third-order valence-electron chi connectivity index (χ3n) is 5.24. The van der Waals surface area contributed by atoms with Gasteiger partial charge in [0.1, 0.15) is 0 Å². The fourth-order valence-electron chi connectivity index (χ4n) is 3.87. The normalized spacial score (nSPS) is 24.6. The van der Waals surface area contributed by atoms with E-state index in [-0.39, 0.29) is 23.6 Å². The van der Waals surface area contributed by atoms with Crippen LogP contribution in [0.3, 0.4) is 0 Å². The Bertz CT molecular complexity index is 941. The van der Waals surface area contributed by atoms with E-state index in [1.54, 1.807) is 0 Å². The van der Waals surface area contributed by atoms with Crippen molar-refractivity contribution < 1.29 is 8.42 Å². The van der Waals surface area contributed by atoms with Crippen LogP contribution in [0, 0.1) is 13.8 Å². The number of benzene rings is 2. The largest absolute Gasteiger partial charge is 0.312 e. The second-order valence-corrected chi connectivity index (χ2v) is 9.31. The summed E-state index contributed by atoms with van der Waals surface area (Å²) < 4.78 is 24.7. The molecule has 4 nitrogen and oxygen atoms in total. The molecule has 2 aliphatic heterocycles. The summed E-state index contributed by atoms with van der Waals surface area (Å²) in [5.74, 6) is 0.294. The van der Waals surface area contributed by atoms with Crippen molar-refractivity contribution in [3.8, 4) is 0 Å². The average molecular weight is 373 g/mol. The Morgan fingerprint density at radius 2 is 1.56 bits per heavy atom. The number of hydrogen-bond donors (Lipinski definition) is 0. The van der Waals surface area contributed by atoms with E-state index in [4.69, 9.17) is 12.2 Å². The number of para-hydroxylation sites is 1. The number of nitrogens with zero attached hydrogens (tertiary/aromatic N) is 2. The Hall–Kier alpha value is -1.92. The zero-order valence-electron chi connectivity index (χ0n) is 14.2. The fourth-order valence-corrected chi connectivity index (χ4v) is 6.27. The zero-order chi connectivity index (χ0) is 17.8. The van der Waals surface area contributed by atoms with Gasteiger partial charge < -0.3 is 9.80 Å². The van der Waals surface area contributed by atoms with Gasteiger partial charge in [-0.15, -0.1) is 0 Å². The number of fused-ring (bicyclic) bond motifs is 1. The lowest BCUT2D eigenvalue weighted by Gasteiger charge is -2.27. The first kappa shape index (κ1) is 16.5. The number of sulfone groups is 1. The Kier molecular flexibility index (Phi) is 3.85.